The van der Waals surface area contributed by atoms with Gasteiger partial charge in [0.1, 0.15) is 0 Å². The number of aliphatic hydroxyl groups excluding tert-OH is 1. The molecule has 0 aliphatic carbocycles. The zero-order chi connectivity index (χ0) is 15.4. The Balaban J connectivity index is 2.22. The van der Waals surface area contributed by atoms with Crippen LogP contribution in [0.3, 0.4) is 0 Å². The number of benzene rings is 1. The molecule has 1 heterocycles. The molecule has 21 heavy (non-hydrogen) atoms. The van der Waals surface area contributed by atoms with Gasteiger partial charge in [0.15, 0.2) is 5.69 Å². The normalized spacial score (nSPS) is 12.4. The van der Waals surface area contributed by atoms with E-state index in [1.54, 1.807) is 28.8 Å². The maximum atomic E-state index is 12.5. The number of aliphatic hydroxyl groups is 1. The third-order valence-corrected chi connectivity index (χ3v) is 3.17. The molecule has 0 saturated carbocycles. The van der Waals surface area contributed by atoms with Crippen LogP contribution in [0, 0.1) is 0 Å². The fraction of sp³-hybridized carbons (Fsp3) is 0.375. The molecule has 1 amide bonds. The minimum absolute atomic E-state index is 0.00831. The highest BCUT2D eigenvalue weighted by molar-refractivity contribution is 5.92. The first-order chi connectivity index (χ1) is 9.99. The summed E-state index contributed by atoms with van der Waals surface area (Å²) < 4.78 is 1.67. The van der Waals surface area contributed by atoms with Crippen LogP contribution in [-0.4, -0.2) is 44.4 Å². The van der Waals surface area contributed by atoms with Crippen molar-refractivity contribution in [1.29, 1.82) is 0 Å². The van der Waals surface area contributed by atoms with Crippen molar-refractivity contribution in [2.24, 2.45) is 0 Å². The lowest BCUT2D eigenvalue weighted by Crippen LogP contribution is -2.41. The zero-order valence-corrected chi connectivity index (χ0v) is 12.6. The summed E-state index contributed by atoms with van der Waals surface area (Å²) in [4.78, 5) is 14.1. The second-order valence-electron chi connectivity index (χ2n) is 5.38. The lowest BCUT2D eigenvalue weighted by Gasteiger charge is -2.27. The number of carbonyl (C=O) groups excluding carboxylic acids is 1. The Bertz CT molecular complexity index is 591. The van der Waals surface area contributed by atoms with E-state index in [-0.39, 0.29) is 11.9 Å². The third kappa shape index (κ3) is 3.70. The van der Waals surface area contributed by atoms with Gasteiger partial charge in [-0.2, -0.15) is 5.10 Å². The lowest BCUT2D eigenvalue weighted by atomic mass is 10.2. The number of para-hydroxylation sites is 1. The Morgan fingerprint density at radius 2 is 1.90 bits per heavy atom. The second kappa shape index (κ2) is 6.54. The van der Waals surface area contributed by atoms with Crippen molar-refractivity contribution < 1.29 is 9.90 Å². The summed E-state index contributed by atoms with van der Waals surface area (Å²) in [5.74, 6) is -0.166. The van der Waals surface area contributed by atoms with E-state index in [1.807, 2.05) is 44.2 Å². The molecular formula is C16H21N3O2. The van der Waals surface area contributed by atoms with Gasteiger partial charge in [0.05, 0.1) is 11.8 Å². The predicted molar refractivity (Wildman–Crippen MR) is 81.4 cm³/mol. The molecular weight excluding hydrogens is 266 g/mol. The summed E-state index contributed by atoms with van der Waals surface area (Å²) in [5, 5.41) is 13.9. The van der Waals surface area contributed by atoms with E-state index in [1.165, 1.54) is 0 Å². The molecule has 1 unspecified atom stereocenters. The van der Waals surface area contributed by atoms with E-state index in [0.29, 0.717) is 12.2 Å². The fourth-order valence-corrected chi connectivity index (χ4v) is 2.12. The van der Waals surface area contributed by atoms with E-state index in [9.17, 15) is 9.90 Å². The molecule has 0 saturated heterocycles. The predicted octanol–water partition coefficient (Wildman–Crippen LogP) is 2.10. The van der Waals surface area contributed by atoms with Gasteiger partial charge in [-0.1, -0.05) is 18.2 Å². The Hall–Kier alpha value is -2.14. The van der Waals surface area contributed by atoms with Crippen LogP contribution in [0.1, 0.15) is 31.3 Å². The molecule has 1 atom stereocenters. The number of nitrogens with zero attached hydrogens (tertiary/aromatic N) is 3. The fourth-order valence-electron chi connectivity index (χ4n) is 2.12. The summed E-state index contributed by atoms with van der Waals surface area (Å²) in [7, 11) is 0. The Labute approximate surface area is 124 Å². The van der Waals surface area contributed by atoms with Crippen LogP contribution in [-0.2, 0) is 0 Å². The molecule has 0 spiro atoms. The summed E-state index contributed by atoms with van der Waals surface area (Å²) in [6, 6.07) is 11.3. The third-order valence-electron chi connectivity index (χ3n) is 3.17. The molecule has 5 heteroatoms. The van der Waals surface area contributed by atoms with Crippen LogP contribution in [0.25, 0.3) is 5.69 Å². The smallest absolute Gasteiger partial charge is 0.274 e. The van der Waals surface area contributed by atoms with E-state index in [0.717, 1.165) is 5.69 Å². The Morgan fingerprint density at radius 3 is 2.48 bits per heavy atom. The largest absolute Gasteiger partial charge is 0.392 e. The second-order valence-corrected chi connectivity index (χ2v) is 5.38. The van der Waals surface area contributed by atoms with Crippen LogP contribution in [0.4, 0.5) is 0 Å². The molecule has 0 fully saturated rings. The van der Waals surface area contributed by atoms with Gasteiger partial charge in [0.2, 0.25) is 0 Å². The molecule has 0 bridgehead atoms. The molecule has 0 aliphatic rings. The molecule has 1 aromatic heterocycles. The van der Waals surface area contributed by atoms with Gasteiger partial charge in [-0.25, -0.2) is 4.68 Å². The molecule has 112 valence electrons. The molecule has 2 rings (SSSR count). The maximum Gasteiger partial charge on any atom is 0.274 e. The number of rotatable bonds is 5. The van der Waals surface area contributed by atoms with Crippen LogP contribution in [0.2, 0.25) is 0 Å². The van der Waals surface area contributed by atoms with Gasteiger partial charge in [-0.05, 0) is 39.0 Å². The monoisotopic (exact) mass is 287 g/mol. The molecule has 0 aliphatic heterocycles. The number of hydrogen-bond donors (Lipinski definition) is 1. The first-order valence-electron chi connectivity index (χ1n) is 7.09. The molecule has 5 nitrogen and oxygen atoms in total. The van der Waals surface area contributed by atoms with Crippen molar-refractivity contribution in [1.82, 2.24) is 14.7 Å². The standard InChI is InChI=1S/C16H21N3O2/c1-12(2)18(11-13(3)20)16(21)15-9-10-19(17-15)14-7-5-4-6-8-14/h4-10,12-13,20H,11H2,1-3H3. The quantitative estimate of drug-likeness (QED) is 0.916. The lowest BCUT2D eigenvalue weighted by molar-refractivity contribution is 0.0572. The number of carbonyl (C=O) groups is 1. The van der Waals surface area contributed by atoms with E-state index < -0.39 is 6.10 Å². The van der Waals surface area contributed by atoms with Gasteiger partial charge in [-0.3, -0.25) is 4.79 Å². The highest BCUT2D eigenvalue weighted by Gasteiger charge is 2.22. The summed E-state index contributed by atoms with van der Waals surface area (Å²) in [6.07, 6.45) is 1.20. The molecule has 1 N–H and O–H groups in total. The first-order valence-corrected chi connectivity index (χ1v) is 7.09. The first kappa shape index (κ1) is 15.3. The summed E-state index contributed by atoms with van der Waals surface area (Å²) >= 11 is 0. The van der Waals surface area contributed by atoms with Gasteiger partial charge in [-0.15, -0.1) is 0 Å². The van der Waals surface area contributed by atoms with Crippen molar-refractivity contribution in [3.8, 4) is 5.69 Å². The van der Waals surface area contributed by atoms with E-state index in [2.05, 4.69) is 5.10 Å². The zero-order valence-electron chi connectivity index (χ0n) is 12.6. The summed E-state index contributed by atoms with van der Waals surface area (Å²) in [5.41, 5.74) is 1.29. The van der Waals surface area contributed by atoms with Crippen LogP contribution >= 0.6 is 0 Å². The Morgan fingerprint density at radius 1 is 1.24 bits per heavy atom. The average molecular weight is 287 g/mol. The van der Waals surface area contributed by atoms with Crippen molar-refractivity contribution >= 4 is 5.91 Å². The summed E-state index contributed by atoms with van der Waals surface area (Å²) in [6.45, 7) is 5.82. The van der Waals surface area contributed by atoms with Gasteiger partial charge in [0.25, 0.3) is 5.91 Å². The molecule has 2 aromatic rings. The topological polar surface area (TPSA) is 58.4 Å². The molecule has 0 radical (unpaired) electrons. The SMILES string of the molecule is CC(O)CN(C(=O)c1ccn(-c2ccccc2)n1)C(C)C. The van der Waals surface area contributed by atoms with E-state index in [4.69, 9.17) is 0 Å². The minimum atomic E-state index is -0.562. The van der Waals surface area contributed by atoms with Crippen molar-refractivity contribution in [2.45, 2.75) is 32.9 Å². The van der Waals surface area contributed by atoms with Gasteiger partial charge in [0, 0.05) is 18.8 Å². The van der Waals surface area contributed by atoms with Crippen LogP contribution in [0.5, 0.6) is 0 Å². The Kier molecular flexibility index (Phi) is 4.75. The highest BCUT2D eigenvalue weighted by Crippen LogP contribution is 2.11. The number of amides is 1. The van der Waals surface area contributed by atoms with Gasteiger partial charge < -0.3 is 10.0 Å². The number of hydrogen-bond acceptors (Lipinski definition) is 3. The minimum Gasteiger partial charge on any atom is -0.392 e. The van der Waals surface area contributed by atoms with E-state index >= 15 is 0 Å². The van der Waals surface area contributed by atoms with Crippen LogP contribution < -0.4 is 0 Å². The average Bonchev–Trinajstić information content (AvgIpc) is 2.94. The van der Waals surface area contributed by atoms with Crippen molar-refractivity contribution in [3.05, 3.63) is 48.3 Å². The molecule has 1 aromatic carbocycles. The van der Waals surface area contributed by atoms with Gasteiger partial charge >= 0.3 is 0 Å². The number of aromatic nitrogens is 2. The highest BCUT2D eigenvalue weighted by atomic mass is 16.3. The van der Waals surface area contributed by atoms with Crippen molar-refractivity contribution in [2.75, 3.05) is 6.54 Å². The maximum absolute atomic E-state index is 12.5. The van der Waals surface area contributed by atoms with Crippen LogP contribution in [0.15, 0.2) is 42.6 Å². The van der Waals surface area contributed by atoms with Crippen molar-refractivity contribution in [3.63, 3.8) is 0 Å².